The summed E-state index contributed by atoms with van der Waals surface area (Å²) < 4.78 is 48.9. The van der Waals surface area contributed by atoms with Gasteiger partial charge in [0.1, 0.15) is 11.5 Å². The smallest absolute Gasteiger partial charge is 0.416 e. The molecule has 37 heavy (non-hydrogen) atoms. The van der Waals surface area contributed by atoms with Gasteiger partial charge in [0, 0.05) is 42.6 Å². The number of benzene rings is 3. The van der Waals surface area contributed by atoms with E-state index < -0.39 is 17.6 Å². The Kier molecular flexibility index (Phi) is 7.56. The number of amides is 3. The van der Waals surface area contributed by atoms with Gasteiger partial charge in [0.15, 0.2) is 0 Å². The minimum atomic E-state index is -4.47. The molecule has 3 aromatic carbocycles. The molecule has 3 aromatic rings. The predicted molar refractivity (Wildman–Crippen MR) is 133 cm³/mol. The van der Waals surface area contributed by atoms with Crippen molar-refractivity contribution in [3.05, 3.63) is 83.4 Å². The molecule has 1 aliphatic rings. The van der Waals surface area contributed by atoms with Crippen molar-refractivity contribution in [2.45, 2.75) is 19.1 Å². The summed E-state index contributed by atoms with van der Waals surface area (Å²) in [5.41, 5.74) is 1.30. The first-order chi connectivity index (χ1) is 17.7. The maximum Gasteiger partial charge on any atom is 0.416 e. The molecule has 1 N–H and O–H groups in total. The zero-order valence-electron chi connectivity index (χ0n) is 20.3. The summed E-state index contributed by atoms with van der Waals surface area (Å²) in [5.74, 6) is 0.754. The highest BCUT2D eigenvalue weighted by Crippen LogP contribution is 2.30. The fraction of sp³-hybridized carbons (Fsp3) is 0.259. The Morgan fingerprint density at radius 1 is 0.919 bits per heavy atom. The maximum atomic E-state index is 13.2. The number of rotatable bonds is 7. The molecular formula is C27H26F3N3O4. The highest BCUT2D eigenvalue weighted by atomic mass is 19.4. The number of hydrogen-bond acceptors (Lipinski definition) is 4. The molecule has 194 valence electrons. The van der Waals surface area contributed by atoms with Gasteiger partial charge in [-0.25, -0.2) is 4.79 Å². The van der Waals surface area contributed by atoms with Crippen LogP contribution in [-0.2, 0) is 12.7 Å². The maximum absolute atomic E-state index is 13.2. The van der Waals surface area contributed by atoms with E-state index in [-0.39, 0.29) is 11.6 Å². The van der Waals surface area contributed by atoms with Gasteiger partial charge in [-0.2, -0.15) is 13.2 Å². The summed E-state index contributed by atoms with van der Waals surface area (Å²) in [4.78, 5) is 29.1. The lowest BCUT2D eigenvalue weighted by Gasteiger charge is -2.35. The molecule has 0 aliphatic carbocycles. The number of carbonyl (C=O) groups is 2. The molecular weight excluding hydrogens is 487 g/mol. The zero-order valence-corrected chi connectivity index (χ0v) is 20.3. The molecule has 0 bridgehead atoms. The van der Waals surface area contributed by atoms with Crippen LogP contribution in [0.25, 0.3) is 0 Å². The summed E-state index contributed by atoms with van der Waals surface area (Å²) in [6, 6.07) is 16.1. The van der Waals surface area contributed by atoms with Gasteiger partial charge in [-0.3, -0.25) is 9.69 Å². The van der Waals surface area contributed by atoms with Gasteiger partial charge in [-0.05, 0) is 72.6 Å². The Morgan fingerprint density at radius 3 is 2.11 bits per heavy atom. The number of anilines is 2. The first-order valence-corrected chi connectivity index (χ1v) is 11.5. The van der Waals surface area contributed by atoms with Crippen LogP contribution in [0.4, 0.5) is 29.3 Å². The van der Waals surface area contributed by atoms with Crippen LogP contribution in [-0.4, -0.2) is 44.1 Å². The van der Waals surface area contributed by atoms with E-state index in [4.69, 9.17) is 9.47 Å². The second kappa shape index (κ2) is 10.8. The molecule has 4 rings (SSSR count). The molecule has 7 nitrogen and oxygen atoms in total. The van der Waals surface area contributed by atoms with Crippen LogP contribution in [0.1, 0.15) is 27.9 Å². The number of halogens is 3. The molecule has 0 spiro atoms. The normalized spacial score (nSPS) is 13.9. The lowest BCUT2D eigenvalue weighted by Crippen LogP contribution is -2.49. The Bertz CT molecular complexity index is 1240. The van der Waals surface area contributed by atoms with Gasteiger partial charge in [0.25, 0.3) is 5.91 Å². The van der Waals surface area contributed by atoms with Crippen molar-refractivity contribution in [1.29, 1.82) is 0 Å². The van der Waals surface area contributed by atoms with Crippen molar-refractivity contribution in [3.63, 3.8) is 0 Å². The lowest BCUT2D eigenvalue weighted by atomic mass is 10.1. The number of urea groups is 1. The molecule has 1 fully saturated rings. The fourth-order valence-corrected chi connectivity index (χ4v) is 4.08. The first-order valence-electron chi connectivity index (χ1n) is 11.5. The highest BCUT2D eigenvalue weighted by Gasteiger charge is 2.30. The van der Waals surface area contributed by atoms with Crippen LogP contribution in [0.5, 0.6) is 11.5 Å². The van der Waals surface area contributed by atoms with Crippen molar-refractivity contribution in [1.82, 2.24) is 4.90 Å². The Hall–Kier alpha value is -4.21. The van der Waals surface area contributed by atoms with E-state index in [0.717, 1.165) is 36.2 Å². The summed E-state index contributed by atoms with van der Waals surface area (Å²) in [6.07, 6.45) is -3.69. The van der Waals surface area contributed by atoms with E-state index in [1.54, 1.807) is 54.4 Å². The molecule has 1 heterocycles. The second-order valence-electron chi connectivity index (χ2n) is 8.51. The van der Waals surface area contributed by atoms with Crippen molar-refractivity contribution < 1.29 is 32.2 Å². The average Bonchev–Trinajstić information content (AvgIpc) is 2.89. The topological polar surface area (TPSA) is 71.1 Å². The third-order valence-corrected chi connectivity index (χ3v) is 6.01. The lowest BCUT2D eigenvalue weighted by molar-refractivity contribution is -0.137. The van der Waals surface area contributed by atoms with Crippen LogP contribution in [0, 0.1) is 0 Å². The van der Waals surface area contributed by atoms with Gasteiger partial charge in [0.2, 0.25) is 0 Å². The van der Waals surface area contributed by atoms with E-state index in [1.165, 1.54) is 0 Å². The third kappa shape index (κ3) is 6.14. The monoisotopic (exact) mass is 513 g/mol. The molecule has 1 saturated heterocycles. The van der Waals surface area contributed by atoms with Gasteiger partial charge in [0.05, 0.1) is 19.8 Å². The fourth-order valence-electron chi connectivity index (χ4n) is 4.08. The highest BCUT2D eigenvalue weighted by molar-refractivity contribution is 6.04. The second-order valence-corrected chi connectivity index (χ2v) is 8.51. The van der Waals surface area contributed by atoms with Crippen LogP contribution in [0.2, 0.25) is 0 Å². The van der Waals surface area contributed by atoms with Crippen molar-refractivity contribution in [2.24, 2.45) is 0 Å². The van der Waals surface area contributed by atoms with E-state index >= 15 is 0 Å². The van der Waals surface area contributed by atoms with E-state index in [0.29, 0.717) is 42.5 Å². The first kappa shape index (κ1) is 25.9. The standard InChI is InChI=1S/C27H26F3N3O4/c1-36-23-14-18(15-24(16-23)37-2)17-32-12-3-13-33(26(32)35)22-10-8-21(9-11-22)31-25(34)19-4-6-20(7-5-19)27(28,29)30/h4-11,14-16H,3,12-13,17H2,1-2H3,(H,31,34). The minimum Gasteiger partial charge on any atom is -0.497 e. The summed E-state index contributed by atoms with van der Waals surface area (Å²) in [7, 11) is 3.14. The van der Waals surface area contributed by atoms with Crippen LogP contribution in [0.3, 0.4) is 0 Å². The van der Waals surface area contributed by atoms with Gasteiger partial charge >= 0.3 is 12.2 Å². The quantitative estimate of drug-likeness (QED) is 0.433. The number of nitrogens with one attached hydrogen (secondary N) is 1. The van der Waals surface area contributed by atoms with Gasteiger partial charge < -0.3 is 19.7 Å². The van der Waals surface area contributed by atoms with Crippen molar-refractivity contribution >= 4 is 23.3 Å². The SMILES string of the molecule is COc1cc(CN2CCCN(c3ccc(NC(=O)c4ccc(C(F)(F)F)cc4)cc3)C2=O)cc(OC)c1. The number of alkyl halides is 3. The molecule has 0 aromatic heterocycles. The number of nitrogens with zero attached hydrogens (tertiary/aromatic N) is 2. The van der Waals surface area contributed by atoms with Gasteiger partial charge in [-0.1, -0.05) is 0 Å². The minimum absolute atomic E-state index is 0.105. The molecule has 0 saturated carbocycles. The Labute approximate surface area is 212 Å². The van der Waals surface area contributed by atoms with E-state index in [2.05, 4.69) is 5.32 Å². The number of carbonyl (C=O) groups excluding carboxylic acids is 2. The molecule has 0 radical (unpaired) electrons. The zero-order chi connectivity index (χ0) is 26.6. The molecule has 0 unspecified atom stereocenters. The summed E-state index contributed by atoms with van der Waals surface area (Å²) in [6.45, 7) is 1.55. The van der Waals surface area contributed by atoms with Crippen molar-refractivity contribution in [2.75, 3.05) is 37.5 Å². The van der Waals surface area contributed by atoms with Crippen LogP contribution in [0.15, 0.2) is 66.7 Å². The van der Waals surface area contributed by atoms with E-state index in [1.807, 2.05) is 12.1 Å². The number of ether oxygens (including phenoxy) is 2. The third-order valence-electron chi connectivity index (χ3n) is 6.01. The van der Waals surface area contributed by atoms with Crippen LogP contribution < -0.4 is 19.7 Å². The van der Waals surface area contributed by atoms with E-state index in [9.17, 15) is 22.8 Å². The summed E-state index contributed by atoms with van der Waals surface area (Å²) >= 11 is 0. The molecule has 10 heteroatoms. The van der Waals surface area contributed by atoms with Crippen molar-refractivity contribution in [3.8, 4) is 11.5 Å². The predicted octanol–water partition coefficient (Wildman–Crippen LogP) is 5.81. The Balaban J connectivity index is 1.41. The molecule has 1 aliphatic heterocycles. The Morgan fingerprint density at radius 2 is 1.54 bits per heavy atom. The molecule has 0 atom stereocenters. The summed E-state index contributed by atoms with van der Waals surface area (Å²) in [5, 5.41) is 2.66. The molecule has 3 amide bonds. The number of methoxy groups -OCH3 is 2. The average molecular weight is 514 g/mol. The van der Waals surface area contributed by atoms with Gasteiger partial charge in [-0.15, -0.1) is 0 Å². The number of hydrogen-bond donors (Lipinski definition) is 1. The largest absolute Gasteiger partial charge is 0.497 e. The van der Waals surface area contributed by atoms with Crippen LogP contribution >= 0.6 is 0 Å².